The zero-order valence-corrected chi connectivity index (χ0v) is 9.68. The van der Waals surface area contributed by atoms with Gasteiger partial charge in [0, 0.05) is 6.04 Å². The molecule has 2 atom stereocenters. The lowest BCUT2D eigenvalue weighted by Crippen LogP contribution is -2.35. The van der Waals surface area contributed by atoms with Crippen LogP contribution in [-0.4, -0.2) is 29.0 Å². The maximum atomic E-state index is 11.1. The summed E-state index contributed by atoms with van der Waals surface area (Å²) in [5.74, 6) is -0.143. The van der Waals surface area contributed by atoms with Crippen LogP contribution in [0.5, 0.6) is 0 Å². The molecule has 1 unspecified atom stereocenters. The molecule has 0 rings (SSSR count). The molecule has 0 bridgehead atoms. The molecular formula is C7H17NO2Si. The van der Waals surface area contributed by atoms with Crippen molar-refractivity contribution in [3.63, 3.8) is 0 Å². The zero-order valence-electron chi connectivity index (χ0n) is 7.68. The second-order valence-electron chi connectivity index (χ2n) is 2.62. The minimum Gasteiger partial charge on any atom is -0.466 e. The Morgan fingerprint density at radius 1 is 1.64 bits per heavy atom. The SMILES string of the molecule is CCOC(=O)[C@H](C)C(C)N[SiH3]. The van der Waals surface area contributed by atoms with E-state index in [1.165, 1.54) is 0 Å². The van der Waals surface area contributed by atoms with E-state index in [9.17, 15) is 4.79 Å². The molecule has 0 aliphatic rings. The number of rotatable bonds is 4. The number of ether oxygens (including phenoxy) is 1. The van der Waals surface area contributed by atoms with Gasteiger partial charge in [-0.3, -0.25) is 4.79 Å². The largest absolute Gasteiger partial charge is 0.466 e. The van der Waals surface area contributed by atoms with Gasteiger partial charge >= 0.3 is 5.97 Å². The van der Waals surface area contributed by atoms with Gasteiger partial charge in [-0.2, -0.15) is 0 Å². The molecule has 66 valence electrons. The van der Waals surface area contributed by atoms with Crippen molar-refractivity contribution in [2.24, 2.45) is 5.92 Å². The summed E-state index contributed by atoms with van der Waals surface area (Å²) >= 11 is 0. The minimum atomic E-state index is -0.108. The third kappa shape index (κ3) is 3.53. The van der Waals surface area contributed by atoms with Gasteiger partial charge in [0.1, 0.15) is 0 Å². The van der Waals surface area contributed by atoms with Gasteiger partial charge in [-0.1, -0.05) is 6.92 Å². The molecule has 0 aliphatic carbocycles. The fourth-order valence-corrected chi connectivity index (χ4v) is 1.23. The Hall–Kier alpha value is -0.353. The van der Waals surface area contributed by atoms with Crippen LogP contribution >= 0.6 is 0 Å². The van der Waals surface area contributed by atoms with Crippen LogP contribution in [0.4, 0.5) is 0 Å². The summed E-state index contributed by atoms with van der Waals surface area (Å²) < 4.78 is 4.86. The second-order valence-corrected chi connectivity index (χ2v) is 3.20. The Labute approximate surface area is 71.0 Å². The molecule has 4 heteroatoms. The van der Waals surface area contributed by atoms with Gasteiger partial charge in [0.25, 0.3) is 0 Å². The molecule has 0 aromatic heterocycles. The molecule has 0 aliphatic heterocycles. The van der Waals surface area contributed by atoms with E-state index in [1.807, 2.05) is 20.8 Å². The van der Waals surface area contributed by atoms with Gasteiger partial charge in [-0.15, -0.1) is 0 Å². The summed E-state index contributed by atoms with van der Waals surface area (Å²) in [5, 5.41) is 0. The average Bonchev–Trinajstić information content (AvgIpc) is 2.02. The molecule has 0 saturated carbocycles. The summed E-state index contributed by atoms with van der Waals surface area (Å²) in [7, 11) is 0.913. The van der Waals surface area contributed by atoms with Crippen molar-refractivity contribution in [2.45, 2.75) is 26.8 Å². The lowest BCUT2D eigenvalue weighted by molar-refractivity contribution is -0.148. The van der Waals surface area contributed by atoms with E-state index in [0.29, 0.717) is 6.61 Å². The van der Waals surface area contributed by atoms with Crippen molar-refractivity contribution in [2.75, 3.05) is 6.61 Å². The summed E-state index contributed by atoms with van der Waals surface area (Å²) in [6.07, 6.45) is 0. The van der Waals surface area contributed by atoms with E-state index in [-0.39, 0.29) is 17.9 Å². The van der Waals surface area contributed by atoms with Crippen LogP contribution in [0.2, 0.25) is 0 Å². The molecule has 11 heavy (non-hydrogen) atoms. The summed E-state index contributed by atoms with van der Waals surface area (Å²) in [4.78, 5) is 14.2. The predicted octanol–water partition coefficient (Wildman–Crippen LogP) is -0.556. The highest BCUT2D eigenvalue weighted by Gasteiger charge is 2.18. The standard InChI is InChI=1S/C7H17NO2Si/c1-4-10-7(9)5(2)6(3)8-11/h5-6,8H,4H2,1-3,11H3/t5-,6?/m1/s1. The number of hydrogen-bond acceptors (Lipinski definition) is 3. The smallest absolute Gasteiger partial charge is 0.310 e. The first kappa shape index (κ1) is 10.6. The quantitative estimate of drug-likeness (QED) is 0.460. The van der Waals surface area contributed by atoms with Gasteiger partial charge in [0.15, 0.2) is 0 Å². The topological polar surface area (TPSA) is 38.3 Å². The van der Waals surface area contributed by atoms with E-state index in [0.717, 1.165) is 10.4 Å². The van der Waals surface area contributed by atoms with Gasteiger partial charge < -0.3 is 9.72 Å². The molecular weight excluding hydrogens is 158 g/mol. The van der Waals surface area contributed by atoms with Crippen molar-refractivity contribution in [3.05, 3.63) is 0 Å². The van der Waals surface area contributed by atoms with Crippen LogP contribution in [-0.2, 0) is 9.53 Å². The number of esters is 1. The maximum absolute atomic E-state index is 11.1. The average molecular weight is 175 g/mol. The minimum absolute atomic E-state index is 0.0348. The lowest BCUT2D eigenvalue weighted by atomic mass is 10.1. The van der Waals surface area contributed by atoms with Crippen LogP contribution in [0.3, 0.4) is 0 Å². The molecule has 0 spiro atoms. The molecule has 0 aromatic rings. The van der Waals surface area contributed by atoms with Gasteiger partial charge in [-0.25, -0.2) is 0 Å². The molecule has 0 amide bonds. The molecule has 0 fully saturated rings. The first-order valence-corrected chi connectivity index (χ1v) is 4.97. The Balaban J connectivity index is 3.80. The van der Waals surface area contributed by atoms with Crippen LogP contribution < -0.4 is 4.98 Å². The first-order valence-electron chi connectivity index (χ1n) is 3.97. The highest BCUT2D eigenvalue weighted by atomic mass is 28.2. The fraction of sp³-hybridized carbons (Fsp3) is 0.857. The molecule has 1 N–H and O–H groups in total. The van der Waals surface area contributed by atoms with Crippen molar-refractivity contribution >= 4 is 16.4 Å². The van der Waals surface area contributed by atoms with Crippen LogP contribution in [0.25, 0.3) is 0 Å². The van der Waals surface area contributed by atoms with Gasteiger partial charge in [-0.05, 0) is 13.8 Å². The zero-order chi connectivity index (χ0) is 8.85. The van der Waals surface area contributed by atoms with E-state index in [1.54, 1.807) is 0 Å². The van der Waals surface area contributed by atoms with Crippen molar-refractivity contribution in [1.82, 2.24) is 4.98 Å². The number of hydrogen-bond donors (Lipinski definition) is 1. The Bertz CT molecular complexity index is 130. The molecule has 0 radical (unpaired) electrons. The number of carbonyl (C=O) groups is 1. The molecule has 0 aromatic carbocycles. The fourth-order valence-electron chi connectivity index (χ4n) is 0.728. The van der Waals surface area contributed by atoms with Crippen LogP contribution in [0.15, 0.2) is 0 Å². The lowest BCUT2D eigenvalue weighted by Gasteiger charge is -2.17. The van der Waals surface area contributed by atoms with Gasteiger partial charge in [0.05, 0.1) is 22.9 Å². The molecule has 0 heterocycles. The highest BCUT2D eigenvalue weighted by Crippen LogP contribution is 2.03. The Morgan fingerprint density at radius 2 is 2.18 bits per heavy atom. The van der Waals surface area contributed by atoms with E-state index < -0.39 is 0 Å². The van der Waals surface area contributed by atoms with Crippen LogP contribution in [0, 0.1) is 5.92 Å². The van der Waals surface area contributed by atoms with Gasteiger partial charge in [0.2, 0.25) is 0 Å². The maximum Gasteiger partial charge on any atom is 0.310 e. The Morgan fingerprint density at radius 3 is 2.55 bits per heavy atom. The number of carbonyl (C=O) groups excluding carboxylic acids is 1. The van der Waals surface area contributed by atoms with Crippen LogP contribution in [0.1, 0.15) is 20.8 Å². The highest BCUT2D eigenvalue weighted by molar-refractivity contribution is 6.04. The molecule has 3 nitrogen and oxygen atoms in total. The van der Waals surface area contributed by atoms with Crippen molar-refractivity contribution < 1.29 is 9.53 Å². The monoisotopic (exact) mass is 175 g/mol. The normalized spacial score (nSPS) is 15.9. The molecule has 0 saturated heterocycles. The third-order valence-corrected chi connectivity index (χ3v) is 2.77. The van der Waals surface area contributed by atoms with E-state index in [2.05, 4.69) is 4.98 Å². The predicted molar refractivity (Wildman–Crippen MR) is 48.3 cm³/mol. The second kappa shape index (κ2) is 5.32. The van der Waals surface area contributed by atoms with Crippen molar-refractivity contribution in [1.29, 1.82) is 0 Å². The number of nitrogens with one attached hydrogen (secondary N) is 1. The third-order valence-electron chi connectivity index (χ3n) is 1.86. The summed E-state index contributed by atoms with van der Waals surface area (Å²) in [6.45, 7) is 6.17. The first-order chi connectivity index (χ1) is 5.13. The summed E-state index contributed by atoms with van der Waals surface area (Å²) in [5.41, 5.74) is 0. The van der Waals surface area contributed by atoms with Crippen molar-refractivity contribution in [3.8, 4) is 0 Å². The Kier molecular flexibility index (Phi) is 5.15. The summed E-state index contributed by atoms with van der Waals surface area (Å²) in [6, 6.07) is 0.237. The van der Waals surface area contributed by atoms with E-state index >= 15 is 0 Å². The van der Waals surface area contributed by atoms with E-state index in [4.69, 9.17) is 4.74 Å².